The molecule has 0 radical (unpaired) electrons. The van der Waals surface area contributed by atoms with Crippen LogP contribution in [-0.4, -0.2) is 35.0 Å². The van der Waals surface area contributed by atoms with E-state index in [4.69, 9.17) is 0 Å². The van der Waals surface area contributed by atoms with Gasteiger partial charge in [-0.05, 0) is 24.6 Å². The summed E-state index contributed by atoms with van der Waals surface area (Å²) in [7, 11) is 0. The number of hydrogen-bond acceptors (Lipinski definition) is 6. The summed E-state index contributed by atoms with van der Waals surface area (Å²) in [5.74, 6) is -0.573. The molecule has 0 bridgehead atoms. The molecule has 0 saturated heterocycles. The van der Waals surface area contributed by atoms with Gasteiger partial charge in [-0.25, -0.2) is 4.79 Å². The molecule has 102 valence electrons. The third kappa shape index (κ3) is 4.63. The van der Waals surface area contributed by atoms with Crippen molar-refractivity contribution in [3.8, 4) is 0 Å². The molecule has 0 aliphatic heterocycles. The normalized spacial score (nSPS) is 13.2. The minimum absolute atomic E-state index is 0.222. The molecule has 2 N–H and O–H groups in total. The number of ether oxygens (including phenoxy) is 1. The lowest BCUT2D eigenvalue weighted by atomic mass is 10.0. The molecule has 0 spiro atoms. The number of aliphatic hydroxyl groups is 2. The van der Waals surface area contributed by atoms with Crippen molar-refractivity contribution in [3.63, 3.8) is 0 Å². The first-order valence-electron chi connectivity index (χ1n) is 5.78. The van der Waals surface area contributed by atoms with E-state index < -0.39 is 18.2 Å². The highest BCUT2D eigenvalue weighted by Crippen LogP contribution is 2.22. The molecular weight excluding hydrogens is 250 g/mol. The Balaban J connectivity index is 2.68. The highest BCUT2D eigenvalue weighted by Gasteiger charge is 2.21. The van der Waals surface area contributed by atoms with E-state index in [9.17, 15) is 19.8 Å². The molecule has 2 atom stereocenters. The number of hydrogen-bond donors (Lipinski definition) is 2. The quantitative estimate of drug-likeness (QED) is 0.454. The van der Waals surface area contributed by atoms with Crippen LogP contribution in [0.15, 0.2) is 29.3 Å². The minimum Gasteiger partial charge on any atom is -0.466 e. The zero-order chi connectivity index (χ0) is 14.3. The maximum Gasteiger partial charge on any atom is 0.308 e. The first-order chi connectivity index (χ1) is 9.08. The molecule has 6 heteroatoms. The molecule has 1 aromatic rings. The second-order valence-electron chi connectivity index (χ2n) is 3.82. The Morgan fingerprint density at radius 1 is 1.37 bits per heavy atom. The first kappa shape index (κ1) is 15.0. The molecule has 6 nitrogen and oxygen atoms in total. The summed E-state index contributed by atoms with van der Waals surface area (Å²) in [5.41, 5.74) is 0.812. The number of carbonyl (C=O) groups is 1. The number of nitrogens with zero attached hydrogens (tertiary/aromatic N) is 1. The Hall–Kier alpha value is -2.01. The van der Waals surface area contributed by atoms with Gasteiger partial charge in [-0.3, -0.25) is 4.79 Å². The Morgan fingerprint density at radius 2 is 2.00 bits per heavy atom. The number of isocyanates is 1. The van der Waals surface area contributed by atoms with Crippen LogP contribution >= 0.6 is 0 Å². The summed E-state index contributed by atoms with van der Waals surface area (Å²) in [5, 5.41) is 19.6. The van der Waals surface area contributed by atoms with Gasteiger partial charge in [-0.15, -0.1) is 0 Å². The topological polar surface area (TPSA) is 96.2 Å². The van der Waals surface area contributed by atoms with Crippen LogP contribution in [0.4, 0.5) is 5.69 Å². The van der Waals surface area contributed by atoms with Gasteiger partial charge in [-0.1, -0.05) is 12.1 Å². The van der Waals surface area contributed by atoms with Gasteiger partial charge < -0.3 is 14.9 Å². The van der Waals surface area contributed by atoms with E-state index in [1.54, 1.807) is 6.92 Å². The Morgan fingerprint density at radius 3 is 2.53 bits per heavy atom. The second-order valence-corrected chi connectivity index (χ2v) is 3.82. The van der Waals surface area contributed by atoms with Gasteiger partial charge in [0.1, 0.15) is 6.10 Å². The Labute approximate surface area is 110 Å². The Bertz CT molecular complexity index is 464. The van der Waals surface area contributed by atoms with Crippen molar-refractivity contribution < 1.29 is 24.5 Å². The third-order valence-electron chi connectivity index (χ3n) is 2.45. The van der Waals surface area contributed by atoms with Gasteiger partial charge in [0, 0.05) is 0 Å². The third-order valence-corrected chi connectivity index (χ3v) is 2.45. The average Bonchev–Trinajstić information content (AvgIpc) is 2.39. The molecule has 0 fully saturated rings. The Kier molecular flexibility index (Phi) is 5.89. The van der Waals surface area contributed by atoms with E-state index in [2.05, 4.69) is 9.73 Å². The van der Waals surface area contributed by atoms with Crippen molar-refractivity contribution in [1.82, 2.24) is 0 Å². The van der Waals surface area contributed by atoms with E-state index in [0.29, 0.717) is 11.3 Å². The molecule has 2 unspecified atom stereocenters. The fourth-order valence-electron chi connectivity index (χ4n) is 1.52. The van der Waals surface area contributed by atoms with E-state index >= 15 is 0 Å². The van der Waals surface area contributed by atoms with E-state index in [1.165, 1.54) is 30.3 Å². The summed E-state index contributed by atoms with van der Waals surface area (Å²) < 4.78 is 4.68. The lowest BCUT2D eigenvalue weighted by Gasteiger charge is -2.17. The standard InChI is InChI=1S/C13H15NO5/c1-2-19-12(17)7-11(16)13(18)9-3-5-10(6-4-9)14-8-15/h3-6,11,13,16,18H,2,7H2,1H3. The SMILES string of the molecule is CCOC(=O)CC(O)C(O)c1ccc(N=C=O)cc1. The smallest absolute Gasteiger partial charge is 0.308 e. The largest absolute Gasteiger partial charge is 0.466 e. The number of aliphatic hydroxyl groups excluding tert-OH is 2. The van der Waals surface area contributed by atoms with Crippen molar-refractivity contribution in [2.24, 2.45) is 4.99 Å². The molecule has 0 saturated carbocycles. The molecule has 0 aromatic heterocycles. The van der Waals surface area contributed by atoms with Crippen LogP contribution in [0.2, 0.25) is 0 Å². The molecule has 0 aliphatic rings. The highest BCUT2D eigenvalue weighted by molar-refractivity contribution is 5.70. The molecule has 19 heavy (non-hydrogen) atoms. The van der Waals surface area contributed by atoms with E-state index in [0.717, 1.165) is 0 Å². The first-order valence-corrected chi connectivity index (χ1v) is 5.78. The molecular formula is C13H15NO5. The van der Waals surface area contributed by atoms with E-state index in [1.807, 2.05) is 0 Å². The van der Waals surface area contributed by atoms with Gasteiger partial charge in [0.05, 0.1) is 24.8 Å². The lowest BCUT2D eigenvalue weighted by Crippen LogP contribution is -2.23. The van der Waals surface area contributed by atoms with Crippen molar-refractivity contribution in [3.05, 3.63) is 29.8 Å². The fraction of sp³-hybridized carbons (Fsp3) is 0.385. The zero-order valence-corrected chi connectivity index (χ0v) is 10.4. The van der Waals surface area contributed by atoms with Gasteiger partial charge in [0.25, 0.3) is 0 Å². The zero-order valence-electron chi connectivity index (χ0n) is 10.4. The van der Waals surface area contributed by atoms with Crippen LogP contribution in [0.25, 0.3) is 0 Å². The average molecular weight is 265 g/mol. The highest BCUT2D eigenvalue weighted by atomic mass is 16.5. The summed E-state index contributed by atoms with van der Waals surface area (Å²) in [6.45, 7) is 1.88. The van der Waals surface area contributed by atoms with Crippen molar-refractivity contribution in [1.29, 1.82) is 0 Å². The number of aliphatic imine (C=N–C) groups is 1. The van der Waals surface area contributed by atoms with Gasteiger partial charge >= 0.3 is 5.97 Å². The second kappa shape index (κ2) is 7.43. The van der Waals surface area contributed by atoms with Gasteiger partial charge in [0.2, 0.25) is 6.08 Å². The van der Waals surface area contributed by atoms with Crippen molar-refractivity contribution in [2.75, 3.05) is 6.61 Å². The summed E-state index contributed by atoms with van der Waals surface area (Å²) >= 11 is 0. The van der Waals surface area contributed by atoms with Crippen molar-refractivity contribution >= 4 is 17.7 Å². The number of esters is 1. The minimum atomic E-state index is -1.25. The van der Waals surface area contributed by atoms with Gasteiger partial charge in [0.15, 0.2) is 0 Å². The maximum atomic E-state index is 11.2. The van der Waals surface area contributed by atoms with Crippen LogP contribution in [-0.2, 0) is 14.3 Å². The fourth-order valence-corrected chi connectivity index (χ4v) is 1.52. The molecule has 1 rings (SSSR count). The molecule has 1 aromatic carbocycles. The number of benzene rings is 1. The van der Waals surface area contributed by atoms with Crippen molar-refractivity contribution in [2.45, 2.75) is 25.6 Å². The summed E-state index contributed by atoms with van der Waals surface area (Å²) in [6.07, 6.45) is -1.35. The van der Waals surface area contributed by atoms with E-state index in [-0.39, 0.29) is 13.0 Å². The van der Waals surface area contributed by atoms with Crippen LogP contribution in [0.5, 0.6) is 0 Å². The summed E-state index contributed by atoms with van der Waals surface area (Å²) in [4.78, 5) is 24.6. The number of carbonyl (C=O) groups excluding carboxylic acids is 2. The monoisotopic (exact) mass is 265 g/mol. The lowest BCUT2D eigenvalue weighted by molar-refractivity contribution is -0.147. The predicted octanol–water partition coefficient (Wildman–Crippen LogP) is 1.00. The maximum absolute atomic E-state index is 11.2. The predicted molar refractivity (Wildman–Crippen MR) is 66.4 cm³/mol. The molecule has 0 amide bonds. The number of rotatable bonds is 6. The molecule has 0 aliphatic carbocycles. The van der Waals surface area contributed by atoms with Crippen LogP contribution in [0.3, 0.4) is 0 Å². The van der Waals surface area contributed by atoms with Crippen LogP contribution < -0.4 is 0 Å². The molecule has 0 heterocycles. The summed E-state index contributed by atoms with van der Waals surface area (Å²) in [6, 6.07) is 6.02. The van der Waals surface area contributed by atoms with Gasteiger partial charge in [-0.2, -0.15) is 4.99 Å². The van der Waals surface area contributed by atoms with Crippen LogP contribution in [0.1, 0.15) is 25.0 Å². The van der Waals surface area contributed by atoms with Crippen LogP contribution in [0, 0.1) is 0 Å².